The average molecular weight is 344 g/mol. The number of likely N-dealkylation sites (N-methyl/N-ethyl adjacent to an activating group) is 1. The van der Waals surface area contributed by atoms with Gasteiger partial charge in [-0.05, 0) is 12.5 Å². The van der Waals surface area contributed by atoms with E-state index in [0.717, 1.165) is 42.6 Å². The molecule has 1 amide bonds. The van der Waals surface area contributed by atoms with Crippen LogP contribution >= 0.6 is 11.3 Å². The van der Waals surface area contributed by atoms with Crippen molar-refractivity contribution < 1.29 is 4.79 Å². The normalized spacial score (nSPS) is 16.9. The fraction of sp³-hybridized carbons (Fsp3) is 0.444. The Kier molecular flexibility index (Phi) is 5.16. The third-order valence-electron chi connectivity index (χ3n) is 4.35. The van der Waals surface area contributed by atoms with Crippen LogP contribution in [0.1, 0.15) is 17.3 Å². The van der Waals surface area contributed by atoms with Gasteiger partial charge in [-0.1, -0.05) is 30.3 Å². The van der Waals surface area contributed by atoms with Gasteiger partial charge in [-0.15, -0.1) is 11.3 Å². The smallest absolute Gasteiger partial charge is 0.244 e. The number of benzene rings is 1. The van der Waals surface area contributed by atoms with Crippen LogP contribution in [0.4, 0.5) is 5.13 Å². The van der Waals surface area contributed by atoms with E-state index in [1.165, 1.54) is 0 Å². The van der Waals surface area contributed by atoms with E-state index >= 15 is 0 Å². The van der Waals surface area contributed by atoms with Gasteiger partial charge in [0.25, 0.3) is 0 Å². The molecule has 1 aliphatic rings. The summed E-state index contributed by atoms with van der Waals surface area (Å²) in [6.07, 6.45) is 0. The molecule has 0 unspecified atom stereocenters. The Balaban J connectivity index is 1.74. The van der Waals surface area contributed by atoms with E-state index in [1.54, 1.807) is 16.2 Å². The highest BCUT2D eigenvalue weighted by atomic mass is 32.1. The Morgan fingerprint density at radius 3 is 2.38 bits per heavy atom. The fourth-order valence-electron chi connectivity index (χ4n) is 3.05. The Morgan fingerprint density at radius 1 is 1.17 bits per heavy atom. The highest BCUT2D eigenvalue weighted by molar-refractivity contribution is 7.13. The van der Waals surface area contributed by atoms with Crippen LogP contribution < -0.4 is 4.90 Å². The van der Waals surface area contributed by atoms with Gasteiger partial charge in [0, 0.05) is 45.7 Å². The summed E-state index contributed by atoms with van der Waals surface area (Å²) in [6.45, 7) is 5.54. The van der Waals surface area contributed by atoms with Crippen LogP contribution in [0.15, 0.2) is 35.7 Å². The van der Waals surface area contributed by atoms with Crippen LogP contribution in [0, 0.1) is 6.92 Å². The monoisotopic (exact) mass is 344 g/mol. The molecule has 6 heteroatoms. The predicted molar refractivity (Wildman–Crippen MR) is 98.5 cm³/mol. The van der Waals surface area contributed by atoms with E-state index in [1.807, 2.05) is 51.4 Å². The third kappa shape index (κ3) is 3.60. The molecule has 1 aromatic heterocycles. The number of aryl methyl sites for hydroxylation is 1. The minimum Gasteiger partial charge on any atom is -0.347 e. The molecule has 24 heavy (non-hydrogen) atoms. The number of nitrogens with zero attached hydrogens (tertiary/aromatic N) is 4. The van der Waals surface area contributed by atoms with Crippen LogP contribution in [0.2, 0.25) is 0 Å². The number of rotatable bonds is 4. The van der Waals surface area contributed by atoms with E-state index in [-0.39, 0.29) is 11.9 Å². The Morgan fingerprint density at radius 2 is 1.83 bits per heavy atom. The average Bonchev–Trinajstić information content (AvgIpc) is 3.03. The topological polar surface area (TPSA) is 39.7 Å². The number of piperazine rings is 1. The number of carbonyl (C=O) groups excluding carboxylic acids is 1. The maximum absolute atomic E-state index is 12.8. The number of hydrogen-bond acceptors (Lipinski definition) is 5. The maximum Gasteiger partial charge on any atom is 0.244 e. The van der Waals surface area contributed by atoms with Crippen molar-refractivity contribution in [2.24, 2.45) is 0 Å². The first-order valence-corrected chi connectivity index (χ1v) is 9.11. The summed E-state index contributed by atoms with van der Waals surface area (Å²) in [7, 11) is 3.65. The van der Waals surface area contributed by atoms with E-state index < -0.39 is 0 Å². The largest absolute Gasteiger partial charge is 0.347 e. The second-order valence-electron chi connectivity index (χ2n) is 6.34. The summed E-state index contributed by atoms with van der Waals surface area (Å²) in [5.74, 6) is 0.139. The maximum atomic E-state index is 12.8. The lowest BCUT2D eigenvalue weighted by Gasteiger charge is -2.39. The molecular weight excluding hydrogens is 320 g/mol. The van der Waals surface area contributed by atoms with Crippen molar-refractivity contribution in [1.82, 2.24) is 14.8 Å². The van der Waals surface area contributed by atoms with E-state index in [4.69, 9.17) is 0 Å². The third-order valence-corrected chi connectivity index (χ3v) is 5.37. The van der Waals surface area contributed by atoms with Crippen molar-refractivity contribution in [3.8, 4) is 0 Å². The minimum absolute atomic E-state index is 0.139. The highest BCUT2D eigenvalue weighted by Gasteiger charge is 2.31. The lowest BCUT2D eigenvalue weighted by atomic mass is 10.0. The minimum atomic E-state index is -0.207. The number of amides is 1. The molecule has 0 saturated carbocycles. The first kappa shape index (κ1) is 16.9. The van der Waals surface area contributed by atoms with Crippen molar-refractivity contribution in [2.45, 2.75) is 13.0 Å². The van der Waals surface area contributed by atoms with E-state index in [9.17, 15) is 4.79 Å². The Labute approximate surface area is 147 Å². The summed E-state index contributed by atoms with van der Waals surface area (Å²) in [5.41, 5.74) is 2.14. The Hall–Kier alpha value is -1.92. The van der Waals surface area contributed by atoms with Gasteiger partial charge in [-0.3, -0.25) is 9.69 Å². The summed E-state index contributed by atoms with van der Waals surface area (Å²) >= 11 is 1.69. The van der Waals surface area contributed by atoms with Crippen LogP contribution in [-0.2, 0) is 4.79 Å². The van der Waals surface area contributed by atoms with Crippen molar-refractivity contribution >= 4 is 22.4 Å². The van der Waals surface area contributed by atoms with Crippen LogP contribution in [0.3, 0.4) is 0 Å². The second kappa shape index (κ2) is 7.32. The van der Waals surface area contributed by atoms with Gasteiger partial charge in [0.1, 0.15) is 6.04 Å². The van der Waals surface area contributed by atoms with E-state index in [2.05, 4.69) is 20.2 Å². The molecule has 0 spiro atoms. The molecule has 1 aromatic carbocycles. The molecule has 0 aliphatic carbocycles. The quantitative estimate of drug-likeness (QED) is 0.854. The van der Waals surface area contributed by atoms with Gasteiger partial charge >= 0.3 is 0 Å². The fourth-order valence-corrected chi connectivity index (χ4v) is 3.90. The summed E-state index contributed by atoms with van der Waals surface area (Å²) in [6, 6.07) is 9.87. The summed E-state index contributed by atoms with van der Waals surface area (Å²) < 4.78 is 0. The van der Waals surface area contributed by atoms with Crippen LogP contribution in [-0.4, -0.2) is 61.0 Å². The molecule has 128 valence electrons. The van der Waals surface area contributed by atoms with Crippen LogP contribution in [0.25, 0.3) is 0 Å². The van der Waals surface area contributed by atoms with Gasteiger partial charge in [0.2, 0.25) is 5.91 Å². The molecule has 2 heterocycles. The predicted octanol–water partition coefficient (Wildman–Crippen LogP) is 2.40. The molecule has 5 nitrogen and oxygen atoms in total. The van der Waals surface area contributed by atoms with Crippen molar-refractivity contribution in [2.75, 3.05) is 45.2 Å². The molecule has 0 radical (unpaired) electrons. The Bertz CT molecular complexity index is 677. The first-order valence-electron chi connectivity index (χ1n) is 8.23. The van der Waals surface area contributed by atoms with Crippen molar-refractivity contribution in [3.05, 3.63) is 47.0 Å². The molecule has 1 fully saturated rings. The number of hydrogen-bond donors (Lipinski definition) is 0. The molecular formula is C18H24N4OS. The molecule has 2 aromatic rings. The molecule has 0 N–H and O–H groups in total. The number of aromatic nitrogens is 1. The lowest BCUT2D eigenvalue weighted by molar-refractivity contribution is -0.134. The SMILES string of the molecule is Cc1csc(N2CCN([C@@H](C(=O)N(C)C)c3ccccc3)CC2)n1. The van der Waals surface area contributed by atoms with Gasteiger partial charge in [-0.25, -0.2) is 4.98 Å². The summed E-state index contributed by atoms with van der Waals surface area (Å²) in [4.78, 5) is 23.6. The van der Waals surface area contributed by atoms with Crippen molar-refractivity contribution in [3.63, 3.8) is 0 Å². The number of anilines is 1. The summed E-state index contributed by atoms with van der Waals surface area (Å²) in [5, 5.41) is 3.17. The van der Waals surface area contributed by atoms with E-state index in [0.29, 0.717) is 0 Å². The molecule has 1 saturated heterocycles. The zero-order valence-corrected chi connectivity index (χ0v) is 15.3. The van der Waals surface area contributed by atoms with Crippen molar-refractivity contribution in [1.29, 1.82) is 0 Å². The standard InChI is InChI=1S/C18H24N4OS/c1-14-13-24-18(19-14)22-11-9-21(10-12-22)16(17(23)20(2)3)15-7-5-4-6-8-15/h4-8,13,16H,9-12H2,1-3H3/t16-/m1/s1. The molecule has 3 rings (SSSR count). The zero-order valence-electron chi connectivity index (χ0n) is 14.5. The zero-order chi connectivity index (χ0) is 17.1. The van der Waals surface area contributed by atoms with Crippen LogP contribution in [0.5, 0.6) is 0 Å². The molecule has 0 bridgehead atoms. The second-order valence-corrected chi connectivity index (χ2v) is 7.18. The molecule has 1 aliphatic heterocycles. The van der Waals surface area contributed by atoms with Gasteiger partial charge < -0.3 is 9.80 Å². The number of thiazole rings is 1. The number of carbonyl (C=O) groups is 1. The lowest BCUT2D eigenvalue weighted by Crippen LogP contribution is -2.51. The molecule has 1 atom stereocenters. The van der Waals surface area contributed by atoms with Gasteiger partial charge in [0.05, 0.1) is 5.69 Å². The highest BCUT2D eigenvalue weighted by Crippen LogP contribution is 2.27. The first-order chi connectivity index (χ1) is 11.6. The van der Waals surface area contributed by atoms with Gasteiger partial charge in [0.15, 0.2) is 5.13 Å². The van der Waals surface area contributed by atoms with Gasteiger partial charge in [-0.2, -0.15) is 0 Å².